The summed E-state index contributed by atoms with van der Waals surface area (Å²) in [4.78, 5) is 5.24. The van der Waals surface area contributed by atoms with E-state index >= 15 is 0 Å². The van der Waals surface area contributed by atoms with Crippen molar-refractivity contribution in [3.63, 3.8) is 0 Å². The molecular formula is C11H20N2. The maximum atomic E-state index is 2.64. The van der Waals surface area contributed by atoms with Gasteiger partial charge in [0.2, 0.25) is 0 Å². The molecule has 2 nitrogen and oxygen atoms in total. The van der Waals surface area contributed by atoms with Gasteiger partial charge in [0.15, 0.2) is 0 Å². The van der Waals surface area contributed by atoms with Gasteiger partial charge in [-0.25, -0.2) is 0 Å². The van der Waals surface area contributed by atoms with Crippen molar-refractivity contribution >= 4 is 0 Å². The van der Waals surface area contributed by atoms with Crippen LogP contribution in [-0.4, -0.2) is 48.6 Å². The van der Waals surface area contributed by atoms with Crippen LogP contribution in [0.4, 0.5) is 0 Å². The summed E-state index contributed by atoms with van der Waals surface area (Å²) in [5, 5.41) is 0. The molecule has 2 heteroatoms. The summed E-state index contributed by atoms with van der Waals surface area (Å²) in [6, 6.07) is 1.77. The molecular weight excluding hydrogens is 160 g/mol. The van der Waals surface area contributed by atoms with E-state index in [9.17, 15) is 0 Å². The molecule has 3 rings (SSSR count). The summed E-state index contributed by atoms with van der Waals surface area (Å²) >= 11 is 0. The fourth-order valence-corrected chi connectivity index (χ4v) is 3.38. The number of hydrogen-bond acceptors (Lipinski definition) is 2. The SMILES string of the molecule is CC1CC2(CN3CCC3)CC2N1C. The lowest BCUT2D eigenvalue weighted by Gasteiger charge is -2.33. The minimum Gasteiger partial charge on any atom is -0.303 e. The Bertz CT molecular complexity index is 224. The predicted molar refractivity (Wildman–Crippen MR) is 53.7 cm³/mol. The molecule has 0 amide bonds. The lowest BCUT2D eigenvalue weighted by Crippen LogP contribution is -2.41. The van der Waals surface area contributed by atoms with E-state index in [1.165, 1.54) is 38.9 Å². The molecule has 0 spiro atoms. The van der Waals surface area contributed by atoms with Gasteiger partial charge in [-0.1, -0.05) is 0 Å². The van der Waals surface area contributed by atoms with E-state index in [1.54, 1.807) is 0 Å². The molecule has 74 valence electrons. The molecule has 0 N–H and O–H groups in total. The van der Waals surface area contributed by atoms with Crippen molar-refractivity contribution in [1.29, 1.82) is 0 Å². The fourth-order valence-electron chi connectivity index (χ4n) is 3.38. The van der Waals surface area contributed by atoms with Crippen LogP contribution in [0.3, 0.4) is 0 Å². The van der Waals surface area contributed by atoms with E-state index in [2.05, 4.69) is 23.8 Å². The highest BCUT2D eigenvalue weighted by Crippen LogP contribution is 2.59. The van der Waals surface area contributed by atoms with Crippen molar-refractivity contribution < 1.29 is 0 Å². The zero-order valence-corrected chi connectivity index (χ0v) is 8.79. The minimum atomic E-state index is 0.731. The molecule has 3 aliphatic rings. The number of hydrogen-bond donors (Lipinski definition) is 0. The standard InChI is InChI=1S/C11H20N2/c1-9-6-11(7-10(11)12(9)2)8-13-4-3-5-13/h9-10H,3-8H2,1-2H3. The molecule has 1 saturated carbocycles. The highest BCUT2D eigenvalue weighted by molar-refractivity contribution is 5.16. The number of nitrogens with zero attached hydrogens (tertiary/aromatic N) is 2. The maximum Gasteiger partial charge on any atom is 0.0171 e. The molecule has 0 aromatic heterocycles. The van der Waals surface area contributed by atoms with Crippen LogP contribution < -0.4 is 0 Å². The van der Waals surface area contributed by atoms with E-state index in [4.69, 9.17) is 0 Å². The smallest absolute Gasteiger partial charge is 0.0171 e. The molecule has 2 aliphatic heterocycles. The van der Waals surface area contributed by atoms with Gasteiger partial charge in [-0.05, 0) is 46.3 Å². The first kappa shape index (κ1) is 8.25. The van der Waals surface area contributed by atoms with Gasteiger partial charge < -0.3 is 9.80 Å². The third kappa shape index (κ3) is 1.08. The van der Waals surface area contributed by atoms with Gasteiger partial charge in [0, 0.05) is 24.0 Å². The van der Waals surface area contributed by atoms with E-state index < -0.39 is 0 Å². The predicted octanol–water partition coefficient (Wildman–Crippen LogP) is 1.17. The average molecular weight is 180 g/mol. The highest BCUT2D eigenvalue weighted by atomic mass is 15.3. The van der Waals surface area contributed by atoms with Crippen LogP contribution in [0.15, 0.2) is 0 Å². The molecule has 2 heterocycles. The van der Waals surface area contributed by atoms with Crippen molar-refractivity contribution in [2.24, 2.45) is 5.41 Å². The summed E-state index contributed by atoms with van der Waals surface area (Å²) in [6.45, 7) is 6.51. The van der Waals surface area contributed by atoms with Crippen LogP contribution in [0.1, 0.15) is 26.2 Å². The minimum absolute atomic E-state index is 0.731. The first-order valence-corrected chi connectivity index (χ1v) is 5.66. The van der Waals surface area contributed by atoms with Crippen molar-refractivity contribution in [3.05, 3.63) is 0 Å². The van der Waals surface area contributed by atoms with Crippen LogP contribution in [0, 0.1) is 5.41 Å². The number of rotatable bonds is 2. The summed E-state index contributed by atoms with van der Waals surface area (Å²) in [5.41, 5.74) is 0.731. The molecule has 13 heavy (non-hydrogen) atoms. The van der Waals surface area contributed by atoms with E-state index in [0.717, 1.165) is 17.5 Å². The van der Waals surface area contributed by atoms with Crippen molar-refractivity contribution in [1.82, 2.24) is 9.80 Å². The monoisotopic (exact) mass is 180 g/mol. The lowest BCUT2D eigenvalue weighted by atomic mass is 9.98. The normalized spacial score (nSPS) is 50.3. The number of fused-ring (bicyclic) bond motifs is 1. The molecule has 3 fully saturated rings. The quantitative estimate of drug-likeness (QED) is 0.629. The van der Waals surface area contributed by atoms with Gasteiger partial charge in [0.1, 0.15) is 0 Å². The number of likely N-dealkylation sites (tertiary alicyclic amines) is 2. The average Bonchev–Trinajstić information content (AvgIpc) is 2.66. The number of piperidine rings is 1. The first-order valence-electron chi connectivity index (χ1n) is 5.66. The first-order chi connectivity index (χ1) is 6.21. The van der Waals surface area contributed by atoms with Crippen LogP contribution in [0.2, 0.25) is 0 Å². The second-order valence-corrected chi connectivity index (χ2v) is 5.43. The molecule has 0 aromatic carbocycles. The fraction of sp³-hybridized carbons (Fsp3) is 1.00. The molecule has 3 unspecified atom stereocenters. The van der Waals surface area contributed by atoms with Crippen LogP contribution in [0.5, 0.6) is 0 Å². The highest BCUT2D eigenvalue weighted by Gasteiger charge is 2.62. The Kier molecular flexibility index (Phi) is 1.58. The van der Waals surface area contributed by atoms with Crippen LogP contribution in [-0.2, 0) is 0 Å². The van der Waals surface area contributed by atoms with Gasteiger partial charge in [0.05, 0.1) is 0 Å². The van der Waals surface area contributed by atoms with Crippen molar-refractivity contribution in [2.45, 2.75) is 38.3 Å². The maximum absolute atomic E-state index is 2.64. The van der Waals surface area contributed by atoms with Crippen LogP contribution >= 0.6 is 0 Å². The molecule has 0 aromatic rings. The Morgan fingerprint density at radius 2 is 2.08 bits per heavy atom. The summed E-state index contributed by atoms with van der Waals surface area (Å²) in [6.07, 6.45) is 4.36. The largest absolute Gasteiger partial charge is 0.303 e. The molecule has 0 bridgehead atoms. The molecule has 3 atom stereocenters. The van der Waals surface area contributed by atoms with Gasteiger partial charge in [-0.15, -0.1) is 0 Å². The van der Waals surface area contributed by atoms with Gasteiger partial charge in [-0.3, -0.25) is 0 Å². The zero-order valence-electron chi connectivity index (χ0n) is 8.79. The van der Waals surface area contributed by atoms with Gasteiger partial charge in [0.25, 0.3) is 0 Å². The Labute approximate surface area is 80.9 Å². The Morgan fingerprint density at radius 1 is 1.31 bits per heavy atom. The molecule has 0 radical (unpaired) electrons. The van der Waals surface area contributed by atoms with E-state index in [-0.39, 0.29) is 0 Å². The van der Waals surface area contributed by atoms with E-state index in [0.29, 0.717) is 0 Å². The Morgan fingerprint density at radius 3 is 2.54 bits per heavy atom. The second kappa shape index (κ2) is 2.48. The van der Waals surface area contributed by atoms with Crippen molar-refractivity contribution in [2.75, 3.05) is 26.7 Å². The molecule has 1 aliphatic carbocycles. The Balaban J connectivity index is 1.65. The van der Waals surface area contributed by atoms with Gasteiger partial charge in [-0.2, -0.15) is 0 Å². The molecule has 2 saturated heterocycles. The summed E-state index contributed by atoms with van der Waals surface area (Å²) in [7, 11) is 2.31. The lowest BCUT2D eigenvalue weighted by molar-refractivity contribution is 0.142. The third-order valence-electron chi connectivity index (χ3n) is 4.52. The van der Waals surface area contributed by atoms with E-state index in [1.807, 2.05) is 0 Å². The second-order valence-electron chi connectivity index (χ2n) is 5.43. The van der Waals surface area contributed by atoms with Crippen molar-refractivity contribution in [3.8, 4) is 0 Å². The summed E-state index contributed by atoms with van der Waals surface area (Å²) < 4.78 is 0. The van der Waals surface area contributed by atoms with Crippen LogP contribution in [0.25, 0.3) is 0 Å². The topological polar surface area (TPSA) is 6.48 Å². The summed E-state index contributed by atoms with van der Waals surface area (Å²) in [5.74, 6) is 0. The zero-order chi connectivity index (χ0) is 9.05. The third-order valence-corrected chi connectivity index (χ3v) is 4.52. The van der Waals surface area contributed by atoms with Gasteiger partial charge >= 0.3 is 0 Å². The Hall–Kier alpha value is -0.0800.